The predicted octanol–water partition coefficient (Wildman–Crippen LogP) is 1.52. The van der Waals surface area contributed by atoms with Gasteiger partial charge in [0, 0.05) is 19.6 Å². The molecule has 2 aliphatic rings. The van der Waals surface area contributed by atoms with E-state index in [1.165, 1.54) is 6.07 Å². The van der Waals surface area contributed by atoms with Crippen LogP contribution in [-0.2, 0) is 9.53 Å². The lowest BCUT2D eigenvalue weighted by Crippen LogP contribution is -2.50. The Kier molecular flexibility index (Phi) is 4.25. The van der Waals surface area contributed by atoms with Crippen molar-refractivity contribution in [3.8, 4) is 6.07 Å². The largest absolute Gasteiger partial charge is 0.378 e. The van der Waals surface area contributed by atoms with Crippen molar-refractivity contribution >= 4 is 11.6 Å². The minimum Gasteiger partial charge on any atom is -0.378 e. The van der Waals surface area contributed by atoms with Gasteiger partial charge in [0.2, 0.25) is 5.91 Å². The monoisotopic (exact) mass is 303 g/mol. The number of hydrogen-bond acceptors (Lipinski definition) is 4. The molecule has 0 saturated carbocycles. The van der Waals surface area contributed by atoms with E-state index < -0.39 is 5.82 Å². The van der Waals surface area contributed by atoms with Crippen molar-refractivity contribution in [2.24, 2.45) is 0 Å². The SMILES string of the molecule is N#Cc1c(F)cccc1N1CCCC1C(=O)N1CCOCC1. The van der Waals surface area contributed by atoms with Crippen molar-refractivity contribution in [2.75, 3.05) is 37.7 Å². The summed E-state index contributed by atoms with van der Waals surface area (Å²) >= 11 is 0. The van der Waals surface area contributed by atoms with Crippen LogP contribution in [0.3, 0.4) is 0 Å². The van der Waals surface area contributed by atoms with E-state index >= 15 is 0 Å². The van der Waals surface area contributed by atoms with Crippen LogP contribution in [0.1, 0.15) is 18.4 Å². The van der Waals surface area contributed by atoms with Crippen LogP contribution in [-0.4, -0.2) is 49.7 Å². The van der Waals surface area contributed by atoms with Crippen LogP contribution in [0, 0.1) is 17.1 Å². The van der Waals surface area contributed by atoms with E-state index in [1.54, 1.807) is 17.0 Å². The molecule has 0 bridgehead atoms. The van der Waals surface area contributed by atoms with Gasteiger partial charge >= 0.3 is 0 Å². The summed E-state index contributed by atoms with van der Waals surface area (Å²) in [7, 11) is 0. The molecule has 0 aromatic heterocycles. The average Bonchev–Trinajstić information content (AvgIpc) is 3.04. The summed E-state index contributed by atoms with van der Waals surface area (Å²) in [5, 5.41) is 9.20. The third kappa shape index (κ3) is 2.64. The summed E-state index contributed by atoms with van der Waals surface area (Å²) in [5.74, 6) is -0.488. The third-order valence-corrected chi connectivity index (χ3v) is 4.27. The summed E-state index contributed by atoms with van der Waals surface area (Å²) in [4.78, 5) is 16.4. The van der Waals surface area contributed by atoms with Crippen LogP contribution in [0.15, 0.2) is 18.2 Å². The third-order valence-electron chi connectivity index (χ3n) is 4.27. The molecule has 5 nitrogen and oxygen atoms in total. The smallest absolute Gasteiger partial charge is 0.245 e. The second kappa shape index (κ2) is 6.32. The van der Waals surface area contributed by atoms with E-state index in [2.05, 4.69) is 0 Å². The van der Waals surface area contributed by atoms with E-state index in [-0.39, 0.29) is 17.5 Å². The zero-order valence-corrected chi connectivity index (χ0v) is 12.3. The van der Waals surface area contributed by atoms with Crippen LogP contribution in [0.25, 0.3) is 0 Å². The summed E-state index contributed by atoms with van der Waals surface area (Å²) in [6.45, 7) is 2.97. The van der Waals surface area contributed by atoms with Crippen LogP contribution in [0.2, 0.25) is 0 Å². The highest BCUT2D eigenvalue weighted by molar-refractivity contribution is 5.86. The number of anilines is 1. The van der Waals surface area contributed by atoms with Gasteiger partial charge < -0.3 is 14.5 Å². The molecular weight excluding hydrogens is 285 g/mol. The van der Waals surface area contributed by atoms with Gasteiger partial charge in [-0.1, -0.05) is 6.07 Å². The number of carbonyl (C=O) groups excluding carboxylic acids is 1. The van der Waals surface area contributed by atoms with Crippen molar-refractivity contribution in [2.45, 2.75) is 18.9 Å². The Morgan fingerprint density at radius 2 is 2.09 bits per heavy atom. The van der Waals surface area contributed by atoms with Gasteiger partial charge in [0.1, 0.15) is 23.5 Å². The van der Waals surface area contributed by atoms with Crippen molar-refractivity contribution in [3.05, 3.63) is 29.6 Å². The molecule has 116 valence electrons. The minimum absolute atomic E-state index is 0.0178. The number of nitriles is 1. The number of morpholine rings is 1. The Morgan fingerprint density at radius 3 is 2.82 bits per heavy atom. The second-order valence-electron chi connectivity index (χ2n) is 5.53. The van der Waals surface area contributed by atoms with Gasteiger partial charge in [-0.25, -0.2) is 4.39 Å². The lowest BCUT2D eigenvalue weighted by atomic mass is 10.1. The molecule has 1 aromatic carbocycles. The maximum atomic E-state index is 13.8. The number of benzene rings is 1. The number of hydrogen-bond donors (Lipinski definition) is 0. The molecule has 0 N–H and O–H groups in total. The molecule has 2 heterocycles. The first-order chi connectivity index (χ1) is 10.7. The fourth-order valence-corrected chi connectivity index (χ4v) is 3.17. The summed E-state index contributed by atoms with van der Waals surface area (Å²) < 4.78 is 19.1. The molecule has 1 atom stereocenters. The molecule has 6 heteroatoms. The first-order valence-electron chi connectivity index (χ1n) is 7.54. The van der Waals surface area contributed by atoms with Gasteiger partial charge in [0.15, 0.2) is 0 Å². The Bertz CT molecular complexity index is 608. The standard InChI is InChI=1S/C16H18FN3O2/c17-13-3-1-4-14(12(13)11-18)20-6-2-5-15(20)16(21)19-7-9-22-10-8-19/h1,3-4,15H,2,5-10H2. The molecular formula is C16H18FN3O2. The summed E-state index contributed by atoms with van der Waals surface area (Å²) in [6, 6.07) is 6.18. The molecule has 2 fully saturated rings. The van der Waals surface area contributed by atoms with E-state index in [0.29, 0.717) is 38.5 Å². The van der Waals surface area contributed by atoms with Gasteiger partial charge in [0.05, 0.1) is 18.9 Å². The van der Waals surface area contributed by atoms with Crippen molar-refractivity contribution in [3.63, 3.8) is 0 Å². The number of rotatable bonds is 2. The second-order valence-corrected chi connectivity index (χ2v) is 5.53. The van der Waals surface area contributed by atoms with Crippen molar-refractivity contribution in [1.29, 1.82) is 5.26 Å². The van der Waals surface area contributed by atoms with Gasteiger partial charge in [0.25, 0.3) is 0 Å². The molecule has 2 aliphatic heterocycles. The molecule has 2 saturated heterocycles. The summed E-state index contributed by atoms with van der Waals surface area (Å²) in [5.41, 5.74) is 0.538. The topological polar surface area (TPSA) is 56.6 Å². The number of carbonyl (C=O) groups is 1. The minimum atomic E-state index is -0.538. The zero-order chi connectivity index (χ0) is 15.5. The van der Waals surface area contributed by atoms with E-state index in [9.17, 15) is 14.4 Å². The Hall–Kier alpha value is -2.13. The first-order valence-corrected chi connectivity index (χ1v) is 7.54. The molecule has 22 heavy (non-hydrogen) atoms. The van der Waals surface area contributed by atoms with Crippen LogP contribution in [0.5, 0.6) is 0 Å². The van der Waals surface area contributed by atoms with Gasteiger partial charge in [-0.3, -0.25) is 4.79 Å². The molecule has 0 aliphatic carbocycles. The highest BCUT2D eigenvalue weighted by Crippen LogP contribution is 2.30. The van der Waals surface area contributed by atoms with E-state index in [1.807, 2.05) is 11.0 Å². The normalized spacial score (nSPS) is 21.7. The fraction of sp³-hybridized carbons (Fsp3) is 0.500. The number of nitrogens with zero attached hydrogens (tertiary/aromatic N) is 3. The van der Waals surface area contributed by atoms with Crippen LogP contribution in [0.4, 0.5) is 10.1 Å². The van der Waals surface area contributed by atoms with Gasteiger partial charge in [-0.05, 0) is 25.0 Å². The summed E-state index contributed by atoms with van der Waals surface area (Å²) in [6.07, 6.45) is 1.60. The Morgan fingerprint density at radius 1 is 1.32 bits per heavy atom. The fourth-order valence-electron chi connectivity index (χ4n) is 3.17. The molecule has 1 amide bonds. The maximum absolute atomic E-state index is 13.8. The predicted molar refractivity (Wildman–Crippen MR) is 78.9 cm³/mol. The highest BCUT2D eigenvalue weighted by Gasteiger charge is 2.35. The highest BCUT2D eigenvalue weighted by atomic mass is 19.1. The molecule has 0 spiro atoms. The van der Waals surface area contributed by atoms with Crippen LogP contribution >= 0.6 is 0 Å². The lowest BCUT2D eigenvalue weighted by Gasteiger charge is -2.33. The Balaban J connectivity index is 1.86. The van der Waals surface area contributed by atoms with Gasteiger partial charge in [-0.15, -0.1) is 0 Å². The molecule has 0 radical (unpaired) electrons. The maximum Gasteiger partial charge on any atom is 0.245 e. The number of amides is 1. The van der Waals surface area contributed by atoms with Gasteiger partial charge in [-0.2, -0.15) is 5.26 Å². The molecule has 3 rings (SSSR count). The lowest BCUT2D eigenvalue weighted by molar-refractivity contribution is -0.136. The van der Waals surface area contributed by atoms with E-state index in [4.69, 9.17) is 4.74 Å². The first kappa shape index (κ1) is 14.8. The van der Waals surface area contributed by atoms with Crippen molar-refractivity contribution < 1.29 is 13.9 Å². The molecule has 1 unspecified atom stereocenters. The zero-order valence-electron chi connectivity index (χ0n) is 12.3. The number of ether oxygens (including phenoxy) is 1. The van der Waals surface area contributed by atoms with Crippen molar-refractivity contribution in [1.82, 2.24) is 4.90 Å². The number of halogens is 1. The van der Waals surface area contributed by atoms with E-state index in [0.717, 1.165) is 12.8 Å². The van der Waals surface area contributed by atoms with Crippen LogP contribution < -0.4 is 4.90 Å². The Labute approximate surface area is 128 Å². The molecule has 1 aromatic rings. The quantitative estimate of drug-likeness (QED) is 0.831. The average molecular weight is 303 g/mol.